The van der Waals surface area contributed by atoms with Gasteiger partial charge in [-0.05, 0) is 50.8 Å². The van der Waals surface area contributed by atoms with Gasteiger partial charge in [0.05, 0.1) is 32.2 Å². The quantitative estimate of drug-likeness (QED) is 0.343. The number of anilines is 1. The molecular formula is C24H33FN6O3S. The second kappa shape index (κ2) is 11.7. The van der Waals surface area contributed by atoms with Gasteiger partial charge in [-0.1, -0.05) is 19.9 Å². The molecule has 0 spiro atoms. The van der Waals surface area contributed by atoms with Gasteiger partial charge in [-0.25, -0.2) is 14.4 Å². The third-order valence-electron chi connectivity index (χ3n) is 5.63. The standard InChI is InChI=1S/C24H33FN6O3S/c1-15(22-26-13-17(25)14-27-22)16(2)35-30-23-29-28-20(11-8-12-24(3,4)32)31(23)21-18(33-5)9-7-10-19(21)34-6/h7,9-10,13-16,32H,8,11-12H2,1-6H3,(H,29,30). The fraction of sp³-hybridized carbons (Fsp3) is 0.500. The van der Waals surface area contributed by atoms with E-state index in [0.29, 0.717) is 47.6 Å². The number of para-hydroxylation sites is 1. The highest BCUT2D eigenvalue weighted by Crippen LogP contribution is 2.36. The van der Waals surface area contributed by atoms with Crippen molar-refractivity contribution in [3.8, 4) is 17.2 Å². The summed E-state index contributed by atoms with van der Waals surface area (Å²) in [4.78, 5) is 8.22. The zero-order valence-electron chi connectivity index (χ0n) is 20.9. The van der Waals surface area contributed by atoms with Gasteiger partial charge in [-0.15, -0.1) is 10.2 Å². The van der Waals surface area contributed by atoms with Gasteiger partial charge in [0.2, 0.25) is 5.95 Å². The number of nitrogens with zero attached hydrogens (tertiary/aromatic N) is 5. The van der Waals surface area contributed by atoms with Crippen LogP contribution < -0.4 is 14.2 Å². The van der Waals surface area contributed by atoms with Crippen LogP contribution in [0.3, 0.4) is 0 Å². The highest BCUT2D eigenvalue weighted by Gasteiger charge is 2.24. The molecule has 190 valence electrons. The van der Waals surface area contributed by atoms with Crippen LogP contribution in [0.15, 0.2) is 30.6 Å². The molecule has 35 heavy (non-hydrogen) atoms. The van der Waals surface area contributed by atoms with Crippen molar-refractivity contribution < 1.29 is 19.0 Å². The molecule has 2 heterocycles. The lowest BCUT2D eigenvalue weighted by molar-refractivity contribution is 0.0687. The first kappa shape index (κ1) is 26.7. The van der Waals surface area contributed by atoms with E-state index in [1.165, 1.54) is 24.3 Å². The van der Waals surface area contributed by atoms with E-state index in [4.69, 9.17) is 9.47 Å². The maximum absolute atomic E-state index is 13.2. The molecule has 9 nitrogen and oxygen atoms in total. The maximum atomic E-state index is 13.2. The van der Waals surface area contributed by atoms with E-state index in [1.807, 2.05) is 36.6 Å². The summed E-state index contributed by atoms with van der Waals surface area (Å²) in [5, 5.41) is 19.0. The number of rotatable bonds is 12. The molecule has 0 saturated carbocycles. The minimum Gasteiger partial charge on any atom is -0.494 e. The molecule has 0 aliphatic carbocycles. The molecule has 2 unspecified atom stereocenters. The van der Waals surface area contributed by atoms with Crippen LogP contribution in [-0.4, -0.2) is 54.9 Å². The van der Waals surface area contributed by atoms with Crippen molar-refractivity contribution in [1.29, 1.82) is 0 Å². The van der Waals surface area contributed by atoms with Crippen molar-refractivity contribution in [3.63, 3.8) is 0 Å². The smallest absolute Gasteiger partial charge is 0.239 e. The van der Waals surface area contributed by atoms with Crippen LogP contribution in [-0.2, 0) is 6.42 Å². The number of ether oxygens (including phenoxy) is 2. The Labute approximate surface area is 209 Å². The summed E-state index contributed by atoms with van der Waals surface area (Å²) >= 11 is 1.45. The number of hydrogen-bond donors (Lipinski definition) is 2. The number of benzene rings is 1. The van der Waals surface area contributed by atoms with Crippen molar-refractivity contribution in [3.05, 3.63) is 48.1 Å². The van der Waals surface area contributed by atoms with E-state index < -0.39 is 11.4 Å². The Morgan fingerprint density at radius 2 is 1.74 bits per heavy atom. The number of aryl methyl sites for hydroxylation is 1. The van der Waals surface area contributed by atoms with Crippen LogP contribution in [0.5, 0.6) is 11.5 Å². The molecule has 0 bridgehead atoms. The second-order valence-corrected chi connectivity index (χ2v) is 10.1. The summed E-state index contributed by atoms with van der Waals surface area (Å²) in [6, 6.07) is 5.56. The normalized spacial score (nSPS) is 13.4. The SMILES string of the molecule is COc1cccc(OC)c1-n1c(CCCC(C)(C)O)nnc1NSC(C)C(C)c1ncc(F)cn1. The van der Waals surface area contributed by atoms with E-state index in [1.54, 1.807) is 28.1 Å². The predicted molar refractivity (Wildman–Crippen MR) is 135 cm³/mol. The minimum atomic E-state index is -0.766. The second-order valence-electron chi connectivity index (χ2n) is 8.93. The molecule has 11 heteroatoms. The first-order valence-corrected chi connectivity index (χ1v) is 12.3. The van der Waals surface area contributed by atoms with Crippen molar-refractivity contribution in [2.45, 2.75) is 63.7 Å². The summed E-state index contributed by atoms with van der Waals surface area (Å²) in [5.41, 5.74) is -0.0795. The number of aromatic nitrogens is 5. The largest absolute Gasteiger partial charge is 0.494 e. The summed E-state index contributed by atoms with van der Waals surface area (Å²) in [5.74, 6) is 2.50. The Hall–Kier alpha value is -2.92. The van der Waals surface area contributed by atoms with Crippen LogP contribution in [0.4, 0.5) is 10.3 Å². The Kier molecular flexibility index (Phi) is 8.90. The summed E-state index contributed by atoms with van der Waals surface area (Å²) in [7, 11) is 3.20. The van der Waals surface area contributed by atoms with E-state index in [-0.39, 0.29) is 11.2 Å². The minimum absolute atomic E-state index is 0.0313. The first-order chi connectivity index (χ1) is 16.6. The van der Waals surface area contributed by atoms with Gasteiger partial charge in [0.15, 0.2) is 5.82 Å². The Bertz CT molecular complexity index is 1080. The third-order valence-corrected chi connectivity index (χ3v) is 6.71. The number of nitrogens with one attached hydrogen (secondary N) is 1. The lowest BCUT2D eigenvalue weighted by Crippen LogP contribution is -2.18. The zero-order valence-corrected chi connectivity index (χ0v) is 21.8. The van der Waals surface area contributed by atoms with Crippen LogP contribution >= 0.6 is 11.9 Å². The van der Waals surface area contributed by atoms with Crippen LogP contribution in [0.2, 0.25) is 0 Å². The lowest BCUT2D eigenvalue weighted by atomic mass is 10.0. The highest BCUT2D eigenvalue weighted by molar-refractivity contribution is 8.01. The molecule has 3 rings (SSSR count). The van der Waals surface area contributed by atoms with E-state index in [0.717, 1.165) is 6.42 Å². The van der Waals surface area contributed by atoms with E-state index in [2.05, 4.69) is 24.9 Å². The van der Waals surface area contributed by atoms with Crippen molar-refractivity contribution in [1.82, 2.24) is 24.7 Å². The van der Waals surface area contributed by atoms with Crippen LogP contribution in [0.25, 0.3) is 5.69 Å². The van der Waals surface area contributed by atoms with Crippen LogP contribution in [0, 0.1) is 5.82 Å². The van der Waals surface area contributed by atoms with Crippen LogP contribution in [0.1, 0.15) is 58.1 Å². The Morgan fingerprint density at radius 1 is 1.11 bits per heavy atom. The highest BCUT2D eigenvalue weighted by atomic mass is 32.2. The number of hydrogen-bond acceptors (Lipinski definition) is 9. The first-order valence-electron chi connectivity index (χ1n) is 11.4. The van der Waals surface area contributed by atoms with Gasteiger partial charge in [0.1, 0.15) is 28.8 Å². The number of halogens is 1. The third kappa shape index (κ3) is 6.82. The fourth-order valence-corrected chi connectivity index (χ4v) is 4.28. The Balaban J connectivity index is 1.89. The fourth-order valence-electron chi connectivity index (χ4n) is 3.53. The topological polar surface area (TPSA) is 107 Å². The predicted octanol–water partition coefficient (Wildman–Crippen LogP) is 4.56. The van der Waals surface area contributed by atoms with Crippen molar-refractivity contribution in [2.24, 2.45) is 0 Å². The summed E-state index contributed by atoms with van der Waals surface area (Å²) < 4.78 is 29.7. The zero-order chi connectivity index (χ0) is 25.6. The van der Waals surface area contributed by atoms with Crippen molar-refractivity contribution >= 4 is 17.9 Å². The van der Waals surface area contributed by atoms with Gasteiger partial charge in [-0.3, -0.25) is 9.29 Å². The van der Waals surface area contributed by atoms with E-state index in [9.17, 15) is 9.50 Å². The van der Waals surface area contributed by atoms with Crippen molar-refractivity contribution in [2.75, 3.05) is 18.9 Å². The molecule has 2 aromatic heterocycles. The molecule has 0 aliphatic heterocycles. The molecule has 0 saturated heterocycles. The average Bonchev–Trinajstić information content (AvgIpc) is 3.23. The average molecular weight is 505 g/mol. The molecule has 0 fully saturated rings. The van der Waals surface area contributed by atoms with Gasteiger partial charge in [-0.2, -0.15) is 0 Å². The lowest BCUT2D eigenvalue weighted by Gasteiger charge is -2.21. The number of methoxy groups -OCH3 is 2. The molecule has 0 aliphatic rings. The van der Waals surface area contributed by atoms with Gasteiger partial charge in [0.25, 0.3) is 0 Å². The molecule has 0 radical (unpaired) electrons. The molecule has 2 atom stereocenters. The monoisotopic (exact) mass is 504 g/mol. The summed E-state index contributed by atoms with van der Waals surface area (Å²) in [6.45, 7) is 7.60. The summed E-state index contributed by atoms with van der Waals surface area (Å²) in [6.07, 6.45) is 4.29. The molecular weight excluding hydrogens is 471 g/mol. The van der Waals surface area contributed by atoms with Gasteiger partial charge in [0, 0.05) is 17.6 Å². The molecule has 1 aromatic carbocycles. The molecule has 2 N–H and O–H groups in total. The van der Waals surface area contributed by atoms with Gasteiger partial charge < -0.3 is 14.6 Å². The number of aliphatic hydroxyl groups is 1. The molecule has 3 aromatic rings. The molecule has 0 amide bonds. The Morgan fingerprint density at radius 3 is 2.31 bits per heavy atom. The van der Waals surface area contributed by atoms with Gasteiger partial charge >= 0.3 is 0 Å². The maximum Gasteiger partial charge on any atom is 0.239 e. The van der Waals surface area contributed by atoms with E-state index >= 15 is 0 Å².